The van der Waals surface area contributed by atoms with Gasteiger partial charge in [-0.2, -0.15) is 10.5 Å². The van der Waals surface area contributed by atoms with Crippen molar-refractivity contribution in [3.8, 4) is 12.1 Å². The van der Waals surface area contributed by atoms with E-state index in [1.807, 2.05) is 31.2 Å². The molecular formula is C16H16N4O2. The van der Waals surface area contributed by atoms with Crippen molar-refractivity contribution in [2.45, 2.75) is 18.8 Å². The summed E-state index contributed by atoms with van der Waals surface area (Å²) in [5.41, 5.74) is 5.43. The lowest BCUT2D eigenvalue weighted by Gasteiger charge is -2.29. The molecule has 112 valence electrons. The number of aryl methyl sites for hydroxylation is 1. The van der Waals surface area contributed by atoms with Crippen molar-refractivity contribution in [2.24, 2.45) is 21.6 Å². The summed E-state index contributed by atoms with van der Waals surface area (Å²) in [6.07, 6.45) is 0. The van der Waals surface area contributed by atoms with Gasteiger partial charge in [-0.15, -0.1) is 0 Å². The zero-order valence-corrected chi connectivity index (χ0v) is 12.6. The fourth-order valence-corrected chi connectivity index (χ4v) is 3.87. The van der Waals surface area contributed by atoms with E-state index >= 15 is 0 Å². The van der Waals surface area contributed by atoms with Gasteiger partial charge in [0.15, 0.2) is 5.41 Å². The third-order valence-corrected chi connectivity index (χ3v) is 4.86. The summed E-state index contributed by atoms with van der Waals surface area (Å²) in [5, 5.41) is 19.7. The lowest BCUT2D eigenvalue weighted by molar-refractivity contribution is -0.230. The Morgan fingerprint density at radius 3 is 2.41 bits per heavy atom. The Morgan fingerprint density at radius 2 is 1.91 bits per heavy atom. The molecule has 22 heavy (non-hydrogen) atoms. The fraction of sp³-hybridized carbons (Fsp3) is 0.438. The minimum Gasteiger partial charge on any atom is -0.386 e. The monoisotopic (exact) mass is 296 g/mol. The molecule has 6 heteroatoms. The van der Waals surface area contributed by atoms with E-state index in [0.29, 0.717) is 0 Å². The highest BCUT2D eigenvalue weighted by atomic mass is 16.7. The molecular weight excluding hydrogens is 280 g/mol. The van der Waals surface area contributed by atoms with Crippen LogP contribution in [0.5, 0.6) is 0 Å². The molecule has 6 nitrogen and oxygen atoms in total. The lowest BCUT2D eigenvalue weighted by atomic mass is 9.93. The highest BCUT2D eigenvalue weighted by Gasteiger charge is 2.93. The number of benzene rings is 1. The minimum absolute atomic E-state index is 0.0896. The molecule has 0 amide bonds. The maximum Gasteiger partial charge on any atom is 0.292 e. The molecule has 1 aliphatic carbocycles. The second kappa shape index (κ2) is 4.30. The van der Waals surface area contributed by atoms with Crippen LogP contribution in [0.15, 0.2) is 29.3 Å². The van der Waals surface area contributed by atoms with Gasteiger partial charge in [0.1, 0.15) is 11.3 Å². The first-order chi connectivity index (χ1) is 10.5. The normalized spacial score (nSPS) is 34.2. The predicted octanol–water partition coefficient (Wildman–Crippen LogP) is 1.43. The molecule has 0 radical (unpaired) electrons. The molecule has 0 saturated heterocycles. The van der Waals surface area contributed by atoms with E-state index in [-0.39, 0.29) is 5.84 Å². The highest BCUT2D eigenvalue weighted by molar-refractivity contribution is 6.00. The molecule has 0 spiro atoms. The van der Waals surface area contributed by atoms with Crippen molar-refractivity contribution in [3.05, 3.63) is 35.4 Å². The van der Waals surface area contributed by atoms with Crippen molar-refractivity contribution in [2.75, 3.05) is 14.2 Å². The average molecular weight is 296 g/mol. The number of hydrogen-bond donors (Lipinski definition) is 1. The number of methoxy groups -OCH3 is 2. The van der Waals surface area contributed by atoms with E-state index in [4.69, 9.17) is 15.2 Å². The van der Waals surface area contributed by atoms with Crippen molar-refractivity contribution in [1.29, 1.82) is 10.5 Å². The molecule has 2 aliphatic rings. The molecule has 1 aromatic carbocycles. The smallest absolute Gasteiger partial charge is 0.292 e. The van der Waals surface area contributed by atoms with Gasteiger partial charge in [-0.3, -0.25) is 0 Å². The Labute approximate surface area is 128 Å². The SMILES string of the molecule is COC1(OC)N=C(N)[C@@]2(C#N)[C@H](c3cccc(C)c3)[C@@]12C#N. The van der Waals surface area contributed by atoms with Crippen molar-refractivity contribution in [3.63, 3.8) is 0 Å². The first-order valence-corrected chi connectivity index (χ1v) is 6.85. The number of fused-ring (bicyclic) bond motifs is 1. The number of nitriles is 2. The molecule has 3 atom stereocenters. The van der Waals surface area contributed by atoms with Gasteiger partial charge in [-0.05, 0) is 12.5 Å². The van der Waals surface area contributed by atoms with E-state index in [1.165, 1.54) is 14.2 Å². The molecule has 0 unspecified atom stereocenters. The van der Waals surface area contributed by atoms with Crippen LogP contribution in [0.3, 0.4) is 0 Å². The van der Waals surface area contributed by atoms with Gasteiger partial charge < -0.3 is 15.2 Å². The number of nitrogens with two attached hydrogens (primary N) is 1. The van der Waals surface area contributed by atoms with Crippen LogP contribution in [-0.2, 0) is 9.47 Å². The van der Waals surface area contributed by atoms with Crippen LogP contribution in [0.25, 0.3) is 0 Å². The van der Waals surface area contributed by atoms with Crippen LogP contribution in [0, 0.1) is 40.4 Å². The standard InChI is InChI=1S/C16H16N4O2/c1-10-5-4-6-11(7-10)12-14(8-17)13(19)20-16(21-2,22-3)15(12,14)9-18/h4-7,12H,1-3H3,(H2,19,20)/t12-,14+,15+/m0/s1. The van der Waals surface area contributed by atoms with Gasteiger partial charge in [0.25, 0.3) is 5.91 Å². The molecule has 0 aromatic heterocycles. The summed E-state index contributed by atoms with van der Waals surface area (Å²) in [6.45, 7) is 1.96. The number of ether oxygens (including phenoxy) is 2. The molecule has 1 aliphatic heterocycles. The van der Waals surface area contributed by atoms with Gasteiger partial charge >= 0.3 is 0 Å². The zero-order valence-electron chi connectivity index (χ0n) is 12.6. The summed E-state index contributed by atoms with van der Waals surface area (Å²) in [5.74, 6) is -1.91. The van der Waals surface area contributed by atoms with E-state index in [9.17, 15) is 10.5 Å². The highest BCUT2D eigenvalue weighted by Crippen LogP contribution is 2.81. The quantitative estimate of drug-likeness (QED) is 0.849. The average Bonchev–Trinajstić information content (AvgIpc) is 3.11. The molecule has 1 fully saturated rings. The van der Waals surface area contributed by atoms with Crippen molar-refractivity contribution < 1.29 is 9.47 Å². The third-order valence-electron chi connectivity index (χ3n) is 4.86. The Balaban J connectivity index is 2.26. The summed E-state index contributed by atoms with van der Waals surface area (Å²) in [6, 6.07) is 12.1. The van der Waals surface area contributed by atoms with Crippen LogP contribution < -0.4 is 5.73 Å². The molecule has 0 bridgehead atoms. The molecule has 1 aromatic rings. The lowest BCUT2D eigenvalue weighted by Crippen LogP contribution is -2.41. The minimum atomic E-state index is -1.56. The van der Waals surface area contributed by atoms with Crippen LogP contribution in [0.4, 0.5) is 0 Å². The second-order valence-corrected chi connectivity index (χ2v) is 5.67. The van der Waals surface area contributed by atoms with Gasteiger partial charge in [-0.1, -0.05) is 29.8 Å². The van der Waals surface area contributed by atoms with Gasteiger partial charge in [0, 0.05) is 20.1 Å². The van der Waals surface area contributed by atoms with Gasteiger partial charge in [-0.25, -0.2) is 4.99 Å². The third kappa shape index (κ3) is 1.24. The van der Waals surface area contributed by atoms with E-state index < -0.39 is 22.7 Å². The van der Waals surface area contributed by atoms with E-state index in [2.05, 4.69) is 17.1 Å². The Hall–Kier alpha value is -2.41. The van der Waals surface area contributed by atoms with Gasteiger partial charge in [0.05, 0.1) is 12.1 Å². The predicted molar refractivity (Wildman–Crippen MR) is 78.4 cm³/mol. The number of nitrogens with zero attached hydrogens (tertiary/aromatic N) is 3. The van der Waals surface area contributed by atoms with Crippen molar-refractivity contribution in [1.82, 2.24) is 0 Å². The van der Waals surface area contributed by atoms with E-state index in [1.54, 1.807) is 0 Å². The maximum atomic E-state index is 9.89. The molecule has 1 heterocycles. The first-order valence-electron chi connectivity index (χ1n) is 6.85. The number of aliphatic imine (C=N–C) groups is 1. The number of hydrogen-bond acceptors (Lipinski definition) is 6. The number of amidine groups is 1. The Morgan fingerprint density at radius 1 is 1.23 bits per heavy atom. The topological polar surface area (TPSA) is 104 Å². The number of rotatable bonds is 3. The Kier molecular flexibility index (Phi) is 2.84. The second-order valence-electron chi connectivity index (χ2n) is 5.67. The van der Waals surface area contributed by atoms with E-state index in [0.717, 1.165) is 11.1 Å². The first kappa shape index (κ1) is 14.5. The maximum absolute atomic E-state index is 9.89. The molecule has 1 saturated carbocycles. The zero-order chi connectivity index (χ0) is 16.2. The Bertz CT molecular complexity index is 756. The largest absolute Gasteiger partial charge is 0.386 e. The molecule has 3 rings (SSSR count). The van der Waals surface area contributed by atoms with Crippen LogP contribution in [-0.4, -0.2) is 26.0 Å². The summed E-state index contributed by atoms with van der Waals surface area (Å²) < 4.78 is 10.8. The summed E-state index contributed by atoms with van der Waals surface area (Å²) in [4.78, 5) is 4.18. The van der Waals surface area contributed by atoms with Gasteiger partial charge in [0.2, 0.25) is 0 Å². The molecule has 2 N–H and O–H groups in total. The fourth-order valence-electron chi connectivity index (χ4n) is 3.87. The van der Waals surface area contributed by atoms with Crippen LogP contribution in [0.2, 0.25) is 0 Å². The summed E-state index contributed by atoms with van der Waals surface area (Å²) >= 11 is 0. The van der Waals surface area contributed by atoms with Crippen LogP contribution >= 0.6 is 0 Å². The van der Waals surface area contributed by atoms with Crippen LogP contribution in [0.1, 0.15) is 17.0 Å². The van der Waals surface area contributed by atoms with Crippen molar-refractivity contribution >= 4 is 5.84 Å². The summed E-state index contributed by atoms with van der Waals surface area (Å²) in [7, 11) is 2.80.